The van der Waals surface area contributed by atoms with Crippen molar-refractivity contribution in [3.63, 3.8) is 0 Å². The van der Waals surface area contributed by atoms with E-state index in [0.29, 0.717) is 33.4 Å². The highest BCUT2D eigenvalue weighted by Gasteiger charge is 2.12. The molecule has 0 unspecified atom stereocenters. The van der Waals surface area contributed by atoms with Crippen molar-refractivity contribution in [2.45, 2.75) is 0 Å². The van der Waals surface area contributed by atoms with Crippen LogP contribution in [-0.4, -0.2) is 13.4 Å². The molecule has 0 aliphatic heterocycles. The first-order valence-corrected chi connectivity index (χ1v) is 5.49. The number of hydrogen-bond donors (Lipinski definition) is 0. The summed E-state index contributed by atoms with van der Waals surface area (Å²) in [6.07, 6.45) is 0.630. The zero-order chi connectivity index (χ0) is 12.4. The molecule has 1 aromatic carbocycles. The second-order valence-electron chi connectivity index (χ2n) is 3.29. The fraction of sp³-hybridized carbons (Fsp3) is 0.0833. The third-order valence-corrected chi connectivity index (χ3v) is 2.86. The van der Waals surface area contributed by atoms with Gasteiger partial charge in [-0.1, -0.05) is 23.2 Å². The average molecular weight is 271 g/mol. The topological polar surface area (TPSA) is 39.4 Å². The summed E-state index contributed by atoms with van der Waals surface area (Å²) in [5, 5.41) is 0.853. The number of ether oxygens (including phenoxy) is 1. The lowest BCUT2D eigenvalue weighted by Crippen LogP contribution is -1.86. The number of benzene rings is 1. The molecule has 0 saturated carbocycles. The average Bonchev–Trinajstić information content (AvgIpc) is 2.78. The summed E-state index contributed by atoms with van der Waals surface area (Å²) in [5.41, 5.74) is 0.626. The van der Waals surface area contributed by atoms with E-state index in [9.17, 15) is 4.79 Å². The quantitative estimate of drug-likeness (QED) is 0.790. The van der Waals surface area contributed by atoms with Crippen LogP contribution in [0.4, 0.5) is 0 Å². The van der Waals surface area contributed by atoms with Crippen molar-refractivity contribution in [1.29, 1.82) is 0 Å². The molecule has 2 rings (SSSR count). The molecule has 0 amide bonds. The van der Waals surface area contributed by atoms with Crippen LogP contribution in [0.2, 0.25) is 10.0 Å². The summed E-state index contributed by atoms with van der Waals surface area (Å²) in [6.45, 7) is 0. The zero-order valence-corrected chi connectivity index (χ0v) is 10.4. The van der Waals surface area contributed by atoms with Gasteiger partial charge in [0.05, 0.1) is 17.2 Å². The number of hydrogen-bond acceptors (Lipinski definition) is 3. The van der Waals surface area contributed by atoms with Crippen LogP contribution in [0.1, 0.15) is 10.6 Å². The summed E-state index contributed by atoms with van der Waals surface area (Å²) in [5.74, 6) is 1.23. The third-order valence-electron chi connectivity index (χ3n) is 2.25. The van der Waals surface area contributed by atoms with Gasteiger partial charge in [-0.15, -0.1) is 0 Å². The van der Waals surface area contributed by atoms with Gasteiger partial charge in [-0.25, -0.2) is 0 Å². The second kappa shape index (κ2) is 4.82. The van der Waals surface area contributed by atoms with E-state index in [2.05, 4.69) is 0 Å². The van der Waals surface area contributed by atoms with E-state index in [1.54, 1.807) is 24.3 Å². The Bertz CT molecular complexity index is 561. The summed E-state index contributed by atoms with van der Waals surface area (Å²) in [7, 11) is 1.51. The largest absolute Gasteiger partial charge is 0.495 e. The Morgan fingerprint density at radius 2 is 2.00 bits per heavy atom. The van der Waals surface area contributed by atoms with Crippen LogP contribution in [0, 0.1) is 0 Å². The molecule has 88 valence electrons. The van der Waals surface area contributed by atoms with Gasteiger partial charge in [0.2, 0.25) is 0 Å². The Kier molecular flexibility index (Phi) is 3.41. The molecule has 5 heteroatoms. The van der Waals surface area contributed by atoms with E-state index in [0.717, 1.165) is 0 Å². The predicted molar refractivity (Wildman–Crippen MR) is 66.1 cm³/mol. The molecule has 2 aromatic rings. The summed E-state index contributed by atoms with van der Waals surface area (Å²) in [4.78, 5) is 10.5. The van der Waals surface area contributed by atoms with Crippen LogP contribution in [0.15, 0.2) is 28.7 Å². The van der Waals surface area contributed by atoms with Crippen molar-refractivity contribution in [3.8, 4) is 17.1 Å². The van der Waals surface area contributed by atoms with E-state index < -0.39 is 0 Å². The van der Waals surface area contributed by atoms with Crippen LogP contribution >= 0.6 is 23.2 Å². The minimum atomic E-state index is 0.241. The predicted octanol–water partition coefficient (Wildman–Crippen LogP) is 4.07. The Hall–Kier alpha value is -1.45. The Labute approximate surface area is 108 Å². The van der Waals surface area contributed by atoms with Crippen molar-refractivity contribution < 1.29 is 13.9 Å². The Morgan fingerprint density at radius 3 is 2.59 bits per heavy atom. The number of carbonyl (C=O) groups excluding carboxylic acids is 1. The highest BCUT2D eigenvalue weighted by Crippen LogP contribution is 2.37. The maximum atomic E-state index is 10.5. The van der Waals surface area contributed by atoms with Gasteiger partial charge in [-0.05, 0) is 24.3 Å². The highest BCUT2D eigenvalue weighted by molar-refractivity contribution is 6.37. The van der Waals surface area contributed by atoms with Crippen LogP contribution in [0.5, 0.6) is 5.75 Å². The Morgan fingerprint density at radius 1 is 1.24 bits per heavy atom. The second-order valence-corrected chi connectivity index (χ2v) is 4.10. The van der Waals surface area contributed by atoms with Gasteiger partial charge in [-0.3, -0.25) is 4.79 Å². The first kappa shape index (κ1) is 12.0. The molecule has 0 spiro atoms. The molecule has 17 heavy (non-hydrogen) atoms. The molecule has 0 fully saturated rings. The lowest BCUT2D eigenvalue weighted by molar-refractivity contribution is 0.110. The minimum absolute atomic E-state index is 0.241. The third kappa shape index (κ3) is 2.30. The maximum Gasteiger partial charge on any atom is 0.185 e. The van der Waals surface area contributed by atoms with Gasteiger partial charge in [0.1, 0.15) is 11.5 Å². The number of carbonyl (C=O) groups is 1. The molecule has 1 heterocycles. The monoisotopic (exact) mass is 270 g/mol. The molecule has 0 aliphatic carbocycles. The lowest BCUT2D eigenvalue weighted by atomic mass is 10.1. The molecule has 3 nitrogen and oxygen atoms in total. The minimum Gasteiger partial charge on any atom is -0.495 e. The standard InChI is InChI=1S/C12H8Cl2O3/c1-16-12-4-8(9(13)5-10(12)14)11-3-2-7(6-15)17-11/h2-6H,1H3. The van der Waals surface area contributed by atoms with Gasteiger partial charge >= 0.3 is 0 Å². The summed E-state index contributed by atoms with van der Waals surface area (Å²) >= 11 is 12.0. The maximum absolute atomic E-state index is 10.5. The lowest BCUT2D eigenvalue weighted by Gasteiger charge is -2.07. The van der Waals surface area contributed by atoms with Crippen LogP contribution < -0.4 is 4.74 Å². The van der Waals surface area contributed by atoms with Gasteiger partial charge < -0.3 is 9.15 Å². The summed E-state index contributed by atoms with van der Waals surface area (Å²) in [6, 6.07) is 6.47. The molecule has 0 radical (unpaired) electrons. The van der Waals surface area contributed by atoms with Gasteiger partial charge in [-0.2, -0.15) is 0 Å². The van der Waals surface area contributed by atoms with E-state index in [-0.39, 0.29) is 5.76 Å². The van der Waals surface area contributed by atoms with E-state index in [1.807, 2.05) is 0 Å². The van der Waals surface area contributed by atoms with E-state index in [4.69, 9.17) is 32.4 Å². The number of rotatable bonds is 3. The first-order valence-electron chi connectivity index (χ1n) is 4.74. The van der Waals surface area contributed by atoms with Crippen molar-refractivity contribution in [3.05, 3.63) is 40.1 Å². The molecule has 0 saturated heterocycles. The van der Waals surface area contributed by atoms with Crippen LogP contribution in [-0.2, 0) is 0 Å². The van der Waals surface area contributed by atoms with E-state index in [1.165, 1.54) is 7.11 Å². The van der Waals surface area contributed by atoms with Crippen molar-refractivity contribution in [2.75, 3.05) is 7.11 Å². The van der Waals surface area contributed by atoms with E-state index >= 15 is 0 Å². The van der Waals surface area contributed by atoms with Crippen molar-refractivity contribution >= 4 is 29.5 Å². The van der Waals surface area contributed by atoms with Crippen molar-refractivity contribution in [2.24, 2.45) is 0 Å². The fourth-order valence-electron chi connectivity index (χ4n) is 1.44. The molecular formula is C12H8Cl2O3. The fourth-order valence-corrected chi connectivity index (χ4v) is 1.99. The number of furan rings is 1. The van der Waals surface area contributed by atoms with Gasteiger partial charge in [0.15, 0.2) is 12.0 Å². The molecule has 0 aliphatic rings. The molecule has 0 N–H and O–H groups in total. The van der Waals surface area contributed by atoms with Crippen LogP contribution in [0.25, 0.3) is 11.3 Å². The molecular weight excluding hydrogens is 263 g/mol. The molecule has 1 aromatic heterocycles. The zero-order valence-electron chi connectivity index (χ0n) is 8.87. The molecule has 0 atom stereocenters. The summed E-state index contributed by atoms with van der Waals surface area (Å²) < 4.78 is 10.4. The Balaban J connectivity index is 2.54. The highest BCUT2D eigenvalue weighted by atomic mass is 35.5. The smallest absolute Gasteiger partial charge is 0.185 e. The first-order chi connectivity index (χ1) is 8.15. The normalized spacial score (nSPS) is 10.3. The van der Waals surface area contributed by atoms with Gasteiger partial charge in [0, 0.05) is 5.56 Å². The van der Waals surface area contributed by atoms with Gasteiger partial charge in [0.25, 0.3) is 0 Å². The molecule has 0 bridgehead atoms. The number of aldehydes is 1. The number of methoxy groups -OCH3 is 1. The van der Waals surface area contributed by atoms with Crippen LogP contribution in [0.3, 0.4) is 0 Å². The van der Waals surface area contributed by atoms with Crippen molar-refractivity contribution in [1.82, 2.24) is 0 Å². The number of halogens is 2. The SMILES string of the molecule is COc1cc(-c2ccc(C=O)o2)c(Cl)cc1Cl.